The first-order chi connectivity index (χ1) is 15.6. The molecule has 182 valence electrons. The molecule has 0 aromatic rings. The molecule has 0 saturated carbocycles. The Morgan fingerprint density at radius 2 is 1.94 bits per heavy atom. The van der Waals surface area contributed by atoms with Gasteiger partial charge in [-0.1, -0.05) is 6.08 Å². The molecule has 10 unspecified atom stereocenters. The Morgan fingerprint density at radius 1 is 1.21 bits per heavy atom. The van der Waals surface area contributed by atoms with E-state index in [1.54, 1.807) is 12.2 Å². The quantitative estimate of drug-likeness (QED) is 0.213. The van der Waals surface area contributed by atoms with Crippen molar-refractivity contribution in [1.82, 2.24) is 0 Å². The first-order valence-corrected chi connectivity index (χ1v) is 10.4. The number of fused-ring (bicyclic) bond motifs is 2. The standard InChI is InChI=1S/C21H26O12/c1-8(23)10-5-21(33-18(10)28)4-3-9-11(17(27)29-2)7-30-19(13(9)21)32-20-16(26)15(25)14(24)12(6-22)31-20/h3-5,7-9,12-16,19-20,22-26H,6H2,1-2H3. The van der Waals surface area contributed by atoms with E-state index in [0.717, 1.165) is 6.26 Å². The van der Waals surface area contributed by atoms with Gasteiger partial charge in [-0.05, 0) is 19.1 Å². The number of hydrogen-bond acceptors (Lipinski definition) is 12. The first-order valence-electron chi connectivity index (χ1n) is 10.4. The molecule has 4 rings (SSSR count). The van der Waals surface area contributed by atoms with Crippen LogP contribution in [-0.2, 0) is 33.3 Å². The predicted molar refractivity (Wildman–Crippen MR) is 105 cm³/mol. The summed E-state index contributed by atoms with van der Waals surface area (Å²) >= 11 is 0. The monoisotopic (exact) mass is 470 g/mol. The van der Waals surface area contributed by atoms with Crippen LogP contribution < -0.4 is 0 Å². The van der Waals surface area contributed by atoms with E-state index >= 15 is 0 Å². The Morgan fingerprint density at radius 3 is 2.55 bits per heavy atom. The lowest BCUT2D eigenvalue weighted by molar-refractivity contribution is -0.344. The zero-order valence-electron chi connectivity index (χ0n) is 17.8. The average molecular weight is 470 g/mol. The number of hydrogen-bond donors (Lipinski definition) is 5. The summed E-state index contributed by atoms with van der Waals surface area (Å²) in [6, 6.07) is 0. The van der Waals surface area contributed by atoms with Crippen molar-refractivity contribution in [1.29, 1.82) is 0 Å². The van der Waals surface area contributed by atoms with Crippen LogP contribution in [0, 0.1) is 11.8 Å². The summed E-state index contributed by atoms with van der Waals surface area (Å²) < 4.78 is 27.2. The molecule has 0 amide bonds. The first kappa shape index (κ1) is 23.8. The van der Waals surface area contributed by atoms with Crippen LogP contribution in [0.25, 0.3) is 0 Å². The summed E-state index contributed by atoms with van der Waals surface area (Å²) in [5.41, 5.74) is -1.30. The number of ether oxygens (including phenoxy) is 5. The number of carbonyl (C=O) groups is 2. The van der Waals surface area contributed by atoms with Crippen molar-refractivity contribution in [2.24, 2.45) is 11.8 Å². The molecule has 10 atom stereocenters. The van der Waals surface area contributed by atoms with Crippen LogP contribution in [0.1, 0.15) is 6.92 Å². The van der Waals surface area contributed by atoms with Gasteiger partial charge in [0.15, 0.2) is 11.9 Å². The van der Waals surface area contributed by atoms with E-state index in [4.69, 9.17) is 23.7 Å². The van der Waals surface area contributed by atoms with Crippen molar-refractivity contribution < 1.29 is 58.8 Å². The normalized spacial score (nSPS) is 42.8. The second-order valence-electron chi connectivity index (χ2n) is 8.33. The predicted octanol–water partition coefficient (Wildman–Crippen LogP) is -2.38. The highest BCUT2D eigenvalue weighted by atomic mass is 16.8. The molecule has 1 spiro atoms. The fourth-order valence-corrected chi connectivity index (χ4v) is 4.57. The summed E-state index contributed by atoms with van der Waals surface area (Å²) in [6.45, 7) is 0.750. The van der Waals surface area contributed by atoms with E-state index < -0.39 is 79.1 Å². The molecule has 0 radical (unpaired) electrons. The molecule has 3 aliphatic heterocycles. The van der Waals surface area contributed by atoms with E-state index in [1.807, 2.05) is 0 Å². The lowest BCUT2D eigenvalue weighted by Gasteiger charge is -2.44. The molecule has 1 aliphatic carbocycles. The number of aliphatic hydroxyl groups excluding tert-OH is 5. The smallest absolute Gasteiger partial charge is 0.337 e. The van der Waals surface area contributed by atoms with Gasteiger partial charge in [-0.2, -0.15) is 0 Å². The van der Waals surface area contributed by atoms with Crippen LogP contribution in [0.3, 0.4) is 0 Å². The van der Waals surface area contributed by atoms with Crippen molar-refractivity contribution >= 4 is 11.9 Å². The largest absolute Gasteiger partial charge is 0.471 e. The highest BCUT2D eigenvalue weighted by Crippen LogP contribution is 2.50. The fraction of sp³-hybridized carbons (Fsp3) is 0.619. The molecule has 0 aromatic heterocycles. The molecular formula is C21H26O12. The lowest BCUT2D eigenvalue weighted by Crippen LogP contribution is -2.60. The summed E-state index contributed by atoms with van der Waals surface area (Å²) in [7, 11) is 1.20. The van der Waals surface area contributed by atoms with Gasteiger partial charge in [0, 0.05) is 5.92 Å². The summed E-state index contributed by atoms with van der Waals surface area (Å²) in [5, 5.41) is 49.8. The number of esters is 2. The highest BCUT2D eigenvalue weighted by Gasteiger charge is 2.59. The van der Waals surface area contributed by atoms with Gasteiger partial charge in [0.2, 0.25) is 6.29 Å². The van der Waals surface area contributed by atoms with Gasteiger partial charge in [-0.15, -0.1) is 0 Å². The van der Waals surface area contributed by atoms with Crippen molar-refractivity contribution in [2.75, 3.05) is 13.7 Å². The summed E-state index contributed by atoms with van der Waals surface area (Å²) in [4.78, 5) is 24.7. The minimum absolute atomic E-state index is 0.0149. The maximum atomic E-state index is 12.4. The van der Waals surface area contributed by atoms with Crippen LogP contribution in [0.5, 0.6) is 0 Å². The van der Waals surface area contributed by atoms with E-state index in [2.05, 4.69) is 0 Å². The molecule has 12 nitrogen and oxygen atoms in total. The molecule has 33 heavy (non-hydrogen) atoms. The Bertz CT molecular complexity index is 892. The molecule has 4 aliphatic rings. The number of aliphatic hydroxyl groups is 5. The van der Waals surface area contributed by atoms with Crippen LogP contribution >= 0.6 is 0 Å². The maximum Gasteiger partial charge on any atom is 0.337 e. The van der Waals surface area contributed by atoms with Crippen molar-refractivity contribution in [3.63, 3.8) is 0 Å². The van der Waals surface area contributed by atoms with Crippen LogP contribution in [0.4, 0.5) is 0 Å². The van der Waals surface area contributed by atoms with Crippen molar-refractivity contribution in [3.05, 3.63) is 35.6 Å². The van der Waals surface area contributed by atoms with Crippen LogP contribution in [-0.4, -0.2) is 99.9 Å². The Labute approximate surface area is 188 Å². The second-order valence-corrected chi connectivity index (χ2v) is 8.33. The Kier molecular flexibility index (Phi) is 6.35. The highest BCUT2D eigenvalue weighted by molar-refractivity contribution is 5.94. The summed E-state index contributed by atoms with van der Waals surface area (Å²) in [6.07, 6.45) is -4.38. The molecule has 3 heterocycles. The third-order valence-corrected chi connectivity index (χ3v) is 6.33. The van der Waals surface area contributed by atoms with Crippen molar-refractivity contribution in [2.45, 2.75) is 55.6 Å². The van der Waals surface area contributed by atoms with Gasteiger partial charge < -0.3 is 49.2 Å². The average Bonchev–Trinajstić information content (AvgIpc) is 3.34. The number of methoxy groups -OCH3 is 1. The third kappa shape index (κ3) is 3.87. The molecule has 5 N–H and O–H groups in total. The molecule has 12 heteroatoms. The van der Waals surface area contributed by atoms with E-state index in [0.29, 0.717) is 0 Å². The molecule has 0 bridgehead atoms. The third-order valence-electron chi connectivity index (χ3n) is 6.33. The minimum Gasteiger partial charge on any atom is -0.471 e. The zero-order chi connectivity index (χ0) is 24.1. The lowest BCUT2D eigenvalue weighted by atomic mass is 9.78. The van der Waals surface area contributed by atoms with Gasteiger partial charge in [0.25, 0.3) is 0 Å². The van der Waals surface area contributed by atoms with Gasteiger partial charge in [0.05, 0.1) is 43.1 Å². The minimum atomic E-state index is -1.70. The fourth-order valence-electron chi connectivity index (χ4n) is 4.57. The van der Waals surface area contributed by atoms with Gasteiger partial charge in [-0.25, -0.2) is 9.59 Å². The molecule has 0 aromatic carbocycles. The SMILES string of the molecule is COC(=O)C1=COC(OC2OC(CO)C(O)C(O)C2O)C2C1C=CC21C=C(C(C)O)C(=O)O1. The number of allylic oxidation sites excluding steroid dienone is 1. The molecular weight excluding hydrogens is 444 g/mol. The van der Waals surface area contributed by atoms with Crippen LogP contribution in [0.15, 0.2) is 35.6 Å². The van der Waals surface area contributed by atoms with Gasteiger partial charge >= 0.3 is 11.9 Å². The Hall–Kier alpha value is -2.32. The van der Waals surface area contributed by atoms with E-state index in [-0.39, 0.29) is 11.1 Å². The van der Waals surface area contributed by atoms with Crippen LogP contribution in [0.2, 0.25) is 0 Å². The summed E-state index contributed by atoms with van der Waals surface area (Å²) in [5.74, 6) is -3.03. The number of carbonyl (C=O) groups excluding carboxylic acids is 2. The molecule has 1 fully saturated rings. The maximum absolute atomic E-state index is 12.4. The number of rotatable bonds is 5. The Balaban J connectivity index is 1.67. The zero-order valence-corrected chi connectivity index (χ0v) is 17.8. The second kappa shape index (κ2) is 8.80. The van der Waals surface area contributed by atoms with Gasteiger partial charge in [-0.3, -0.25) is 0 Å². The van der Waals surface area contributed by atoms with Crippen molar-refractivity contribution in [3.8, 4) is 0 Å². The topological polar surface area (TPSA) is 181 Å². The van der Waals surface area contributed by atoms with E-state index in [1.165, 1.54) is 20.1 Å². The molecule has 1 saturated heterocycles. The van der Waals surface area contributed by atoms with Gasteiger partial charge in [0.1, 0.15) is 24.4 Å². The van der Waals surface area contributed by atoms with E-state index in [9.17, 15) is 35.1 Å².